The Bertz CT molecular complexity index is 322. The van der Waals surface area contributed by atoms with Crippen LogP contribution in [0, 0.1) is 11.8 Å². The minimum atomic E-state index is -4.23. The number of hydrogen-bond acceptors (Lipinski definition) is 2. The van der Waals surface area contributed by atoms with E-state index in [2.05, 4.69) is 0 Å². The highest BCUT2D eigenvalue weighted by Gasteiger charge is 2.47. The molecule has 3 unspecified atom stereocenters. The summed E-state index contributed by atoms with van der Waals surface area (Å²) < 4.78 is 44.3. The minimum absolute atomic E-state index is 0.117. The van der Waals surface area contributed by atoms with Crippen LogP contribution < -0.4 is 0 Å². The van der Waals surface area contributed by atoms with Crippen LogP contribution in [-0.4, -0.2) is 24.7 Å². The average Bonchev–Trinajstić information content (AvgIpc) is 2.91. The van der Waals surface area contributed by atoms with Crippen LogP contribution in [0.5, 0.6) is 0 Å². The molecule has 1 saturated carbocycles. The molecule has 2 fully saturated rings. The van der Waals surface area contributed by atoms with Gasteiger partial charge in [-0.05, 0) is 38.5 Å². The molecule has 116 valence electrons. The summed E-state index contributed by atoms with van der Waals surface area (Å²) in [4.78, 5) is 12.1. The topological polar surface area (TPSA) is 26.3 Å². The molecule has 0 amide bonds. The largest absolute Gasteiger partial charge is 0.392 e. The molecule has 2 aliphatic rings. The number of halogens is 3. The van der Waals surface area contributed by atoms with Crippen LogP contribution in [0.2, 0.25) is 0 Å². The van der Waals surface area contributed by atoms with Gasteiger partial charge < -0.3 is 4.74 Å². The van der Waals surface area contributed by atoms with Crippen molar-refractivity contribution in [3.63, 3.8) is 0 Å². The Balaban J connectivity index is 1.79. The number of alkyl halides is 3. The first-order chi connectivity index (χ1) is 9.48. The Labute approximate surface area is 118 Å². The Hall–Kier alpha value is -0.580. The minimum Gasteiger partial charge on any atom is -0.378 e. The zero-order valence-electron chi connectivity index (χ0n) is 11.8. The van der Waals surface area contributed by atoms with Gasteiger partial charge in [0, 0.05) is 18.9 Å². The molecule has 0 bridgehead atoms. The highest BCUT2D eigenvalue weighted by atomic mass is 19.4. The number of carbonyl (C=O) groups is 1. The van der Waals surface area contributed by atoms with Crippen LogP contribution >= 0.6 is 0 Å². The first-order valence-corrected chi connectivity index (χ1v) is 7.69. The van der Waals surface area contributed by atoms with E-state index in [0.29, 0.717) is 19.3 Å². The van der Waals surface area contributed by atoms with Crippen molar-refractivity contribution in [3.8, 4) is 0 Å². The fraction of sp³-hybridized carbons (Fsp3) is 0.933. The molecule has 2 rings (SSSR count). The summed E-state index contributed by atoms with van der Waals surface area (Å²) >= 11 is 0. The van der Waals surface area contributed by atoms with E-state index in [1.165, 1.54) is 0 Å². The molecule has 0 radical (unpaired) electrons. The molecule has 2 nitrogen and oxygen atoms in total. The first-order valence-electron chi connectivity index (χ1n) is 7.69. The summed E-state index contributed by atoms with van der Waals surface area (Å²) in [6.07, 6.45) is 1.65. The van der Waals surface area contributed by atoms with Gasteiger partial charge in [-0.25, -0.2) is 0 Å². The van der Waals surface area contributed by atoms with Crippen molar-refractivity contribution in [2.24, 2.45) is 11.8 Å². The number of Topliss-reactive ketones (excluding diaryl/α,β-unsaturated/α-hetero) is 1. The number of carbonyl (C=O) groups excluding carboxylic acids is 1. The van der Waals surface area contributed by atoms with E-state index in [1.807, 2.05) is 0 Å². The molecule has 0 spiro atoms. The second kappa shape index (κ2) is 6.92. The zero-order chi connectivity index (χ0) is 14.6. The molecule has 0 N–H and O–H groups in total. The summed E-state index contributed by atoms with van der Waals surface area (Å²) in [6, 6.07) is 0. The van der Waals surface area contributed by atoms with E-state index in [-0.39, 0.29) is 24.7 Å². The van der Waals surface area contributed by atoms with Crippen LogP contribution in [0.15, 0.2) is 0 Å². The van der Waals surface area contributed by atoms with Crippen molar-refractivity contribution in [1.82, 2.24) is 0 Å². The summed E-state index contributed by atoms with van der Waals surface area (Å²) in [5, 5.41) is 0. The monoisotopic (exact) mass is 292 g/mol. The van der Waals surface area contributed by atoms with Gasteiger partial charge in [0.05, 0.1) is 12.0 Å². The van der Waals surface area contributed by atoms with Crippen molar-refractivity contribution in [2.75, 3.05) is 6.61 Å². The Morgan fingerprint density at radius 1 is 1.10 bits per heavy atom. The molecule has 5 heteroatoms. The number of rotatable bonds is 5. The molecular formula is C15H23F3O2. The normalized spacial score (nSPS) is 31.4. The lowest BCUT2D eigenvalue weighted by Gasteiger charge is -2.32. The second-order valence-corrected chi connectivity index (χ2v) is 6.03. The number of hydrogen-bond donors (Lipinski definition) is 0. The van der Waals surface area contributed by atoms with Crippen LogP contribution in [0.4, 0.5) is 13.2 Å². The summed E-state index contributed by atoms with van der Waals surface area (Å²) in [5.41, 5.74) is 0. The van der Waals surface area contributed by atoms with E-state index in [1.54, 1.807) is 0 Å². The Morgan fingerprint density at radius 3 is 2.50 bits per heavy atom. The third-order valence-corrected chi connectivity index (χ3v) is 4.57. The quantitative estimate of drug-likeness (QED) is 0.756. The third-order valence-electron chi connectivity index (χ3n) is 4.57. The summed E-state index contributed by atoms with van der Waals surface area (Å²) in [6.45, 7) is 0.775. The summed E-state index contributed by atoms with van der Waals surface area (Å²) in [7, 11) is 0. The SMILES string of the molecule is O=C(CCCC1CCCO1)C1CCCCC1C(F)(F)F. The molecular weight excluding hydrogens is 269 g/mol. The molecule has 3 atom stereocenters. The van der Waals surface area contributed by atoms with Crippen LogP contribution in [0.3, 0.4) is 0 Å². The fourth-order valence-corrected chi connectivity index (χ4v) is 3.47. The molecule has 20 heavy (non-hydrogen) atoms. The van der Waals surface area contributed by atoms with Gasteiger partial charge in [0.25, 0.3) is 0 Å². The first kappa shape index (κ1) is 15.8. The Kier molecular flexibility index (Phi) is 5.47. The van der Waals surface area contributed by atoms with Crippen molar-refractivity contribution in [1.29, 1.82) is 0 Å². The highest BCUT2D eigenvalue weighted by Crippen LogP contribution is 2.42. The second-order valence-electron chi connectivity index (χ2n) is 6.03. The lowest BCUT2D eigenvalue weighted by Crippen LogP contribution is -2.37. The molecule has 0 aromatic carbocycles. The average molecular weight is 292 g/mol. The molecule has 1 saturated heterocycles. The standard InChI is InChI=1S/C15H23F3O2/c16-15(17,18)13-8-2-1-7-12(13)14(19)9-3-5-11-6-4-10-20-11/h11-13H,1-10H2. The van der Waals surface area contributed by atoms with Gasteiger partial charge in [-0.3, -0.25) is 4.79 Å². The van der Waals surface area contributed by atoms with E-state index < -0.39 is 18.0 Å². The van der Waals surface area contributed by atoms with Crippen molar-refractivity contribution >= 4 is 5.78 Å². The van der Waals surface area contributed by atoms with E-state index in [4.69, 9.17) is 4.74 Å². The Morgan fingerprint density at radius 2 is 1.85 bits per heavy atom. The van der Waals surface area contributed by atoms with Crippen LogP contribution in [0.25, 0.3) is 0 Å². The molecule has 1 aliphatic heterocycles. The van der Waals surface area contributed by atoms with Crippen LogP contribution in [0.1, 0.15) is 57.8 Å². The fourth-order valence-electron chi connectivity index (χ4n) is 3.47. The van der Waals surface area contributed by atoms with Gasteiger partial charge in [0.15, 0.2) is 0 Å². The molecule has 0 aromatic heterocycles. The lowest BCUT2D eigenvalue weighted by molar-refractivity contribution is -0.197. The van der Waals surface area contributed by atoms with Crippen molar-refractivity contribution in [2.45, 2.75) is 70.1 Å². The van der Waals surface area contributed by atoms with E-state index in [0.717, 1.165) is 32.3 Å². The van der Waals surface area contributed by atoms with Crippen molar-refractivity contribution in [3.05, 3.63) is 0 Å². The summed E-state index contributed by atoms with van der Waals surface area (Å²) in [5.74, 6) is -2.40. The van der Waals surface area contributed by atoms with Gasteiger partial charge in [0.2, 0.25) is 0 Å². The zero-order valence-corrected chi connectivity index (χ0v) is 11.8. The van der Waals surface area contributed by atoms with Gasteiger partial charge in [0.1, 0.15) is 5.78 Å². The highest BCUT2D eigenvalue weighted by molar-refractivity contribution is 5.81. The molecule has 1 aliphatic carbocycles. The predicted molar refractivity (Wildman–Crippen MR) is 69.3 cm³/mol. The van der Waals surface area contributed by atoms with Gasteiger partial charge >= 0.3 is 6.18 Å². The number of ketones is 1. The van der Waals surface area contributed by atoms with Crippen molar-refractivity contribution < 1.29 is 22.7 Å². The van der Waals surface area contributed by atoms with Gasteiger partial charge in [-0.15, -0.1) is 0 Å². The smallest absolute Gasteiger partial charge is 0.378 e. The number of ether oxygens (including phenoxy) is 1. The van der Waals surface area contributed by atoms with Gasteiger partial charge in [-0.1, -0.05) is 12.8 Å². The third kappa shape index (κ3) is 4.21. The van der Waals surface area contributed by atoms with Crippen LogP contribution in [-0.2, 0) is 9.53 Å². The maximum Gasteiger partial charge on any atom is 0.392 e. The molecule has 0 aromatic rings. The maximum atomic E-state index is 12.9. The maximum absolute atomic E-state index is 12.9. The predicted octanol–water partition coefficient (Wildman–Crippen LogP) is 4.27. The molecule has 1 heterocycles. The lowest BCUT2D eigenvalue weighted by atomic mass is 9.75. The van der Waals surface area contributed by atoms with E-state index >= 15 is 0 Å². The van der Waals surface area contributed by atoms with E-state index in [9.17, 15) is 18.0 Å². The van der Waals surface area contributed by atoms with Gasteiger partial charge in [-0.2, -0.15) is 13.2 Å².